The van der Waals surface area contributed by atoms with Gasteiger partial charge >= 0.3 is 0 Å². The van der Waals surface area contributed by atoms with Crippen LogP contribution in [0.4, 0.5) is 5.69 Å². The topological polar surface area (TPSA) is 121 Å². The van der Waals surface area contributed by atoms with Crippen LogP contribution in [0.5, 0.6) is 0 Å². The number of nitrogens with zero attached hydrogens (tertiary/aromatic N) is 6. The first-order chi connectivity index (χ1) is 14.1. The Balaban J connectivity index is 1.38. The molecule has 1 N–H and O–H groups in total. The number of hydrogen-bond acceptors (Lipinski definition) is 6. The molecule has 10 nitrogen and oxygen atoms in total. The minimum absolute atomic E-state index is 0.00783. The van der Waals surface area contributed by atoms with Crippen molar-refractivity contribution in [2.75, 3.05) is 0 Å². The maximum Gasteiger partial charge on any atom is 0.269 e. The number of nitro groups is 1. The Morgan fingerprint density at radius 2 is 1.97 bits per heavy atom. The van der Waals surface area contributed by atoms with Gasteiger partial charge in [-0.3, -0.25) is 19.5 Å². The first kappa shape index (κ1) is 18.0. The van der Waals surface area contributed by atoms with Gasteiger partial charge in [-0.1, -0.05) is 6.07 Å². The maximum atomic E-state index is 12.4. The Labute approximate surface area is 164 Å². The minimum atomic E-state index is -0.470. The molecule has 0 fully saturated rings. The molecular formula is C19H15N7O3. The Morgan fingerprint density at radius 3 is 2.62 bits per heavy atom. The van der Waals surface area contributed by atoms with E-state index >= 15 is 0 Å². The van der Waals surface area contributed by atoms with Crippen LogP contribution in [0.2, 0.25) is 0 Å². The van der Waals surface area contributed by atoms with Gasteiger partial charge in [0.2, 0.25) is 0 Å². The van der Waals surface area contributed by atoms with E-state index in [4.69, 9.17) is 0 Å². The normalized spacial score (nSPS) is 10.6. The van der Waals surface area contributed by atoms with Crippen molar-refractivity contribution in [3.63, 3.8) is 0 Å². The van der Waals surface area contributed by atoms with Crippen molar-refractivity contribution in [2.45, 2.75) is 6.54 Å². The van der Waals surface area contributed by atoms with Gasteiger partial charge in [0.15, 0.2) is 0 Å². The molecule has 0 saturated heterocycles. The zero-order chi connectivity index (χ0) is 20.2. The lowest BCUT2D eigenvalue weighted by atomic mass is 10.2. The third-order valence-corrected chi connectivity index (χ3v) is 4.20. The molecule has 29 heavy (non-hydrogen) atoms. The van der Waals surface area contributed by atoms with E-state index < -0.39 is 4.92 Å². The van der Waals surface area contributed by atoms with Crippen molar-refractivity contribution in [1.82, 2.24) is 29.6 Å². The van der Waals surface area contributed by atoms with E-state index in [1.54, 1.807) is 47.8 Å². The molecule has 0 spiro atoms. The average Bonchev–Trinajstić information content (AvgIpc) is 3.45. The Bertz CT molecular complexity index is 1130. The molecule has 144 valence electrons. The van der Waals surface area contributed by atoms with Crippen molar-refractivity contribution in [1.29, 1.82) is 0 Å². The molecule has 0 aliphatic rings. The molecule has 0 atom stereocenters. The van der Waals surface area contributed by atoms with Gasteiger partial charge in [0.25, 0.3) is 11.6 Å². The SMILES string of the molecule is O=C(NCc1ccc(-n2ccnc2)nc1)c1cnn(-c2ccc([N+](=O)[O-])cc2)c1. The number of imidazole rings is 1. The van der Waals surface area contributed by atoms with E-state index in [1.165, 1.54) is 23.0 Å². The van der Waals surface area contributed by atoms with Gasteiger partial charge in [0, 0.05) is 43.5 Å². The summed E-state index contributed by atoms with van der Waals surface area (Å²) in [7, 11) is 0. The van der Waals surface area contributed by atoms with Gasteiger partial charge in [-0.05, 0) is 23.8 Å². The molecule has 4 rings (SSSR count). The fourth-order valence-electron chi connectivity index (χ4n) is 2.66. The minimum Gasteiger partial charge on any atom is -0.348 e. The first-order valence-electron chi connectivity index (χ1n) is 8.61. The lowest BCUT2D eigenvalue weighted by molar-refractivity contribution is -0.384. The van der Waals surface area contributed by atoms with Gasteiger partial charge < -0.3 is 5.32 Å². The molecule has 10 heteroatoms. The van der Waals surface area contributed by atoms with Gasteiger partial charge in [-0.15, -0.1) is 0 Å². The lowest BCUT2D eigenvalue weighted by Gasteiger charge is -2.05. The van der Waals surface area contributed by atoms with E-state index in [0.29, 0.717) is 17.8 Å². The van der Waals surface area contributed by atoms with E-state index in [2.05, 4.69) is 20.4 Å². The number of rotatable bonds is 6. The summed E-state index contributed by atoms with van der Waals surface area (Å²) in [6.07, 6.45) is 9.83. The summed E-state index contributed by atoms with van der Waals surface area (Å²) >= 11 is 0. The molecule has 1 aromatic carbocycles. The summed E-state index contributed by atoms with van der Waals surface area (Å²) in [5, 5.41) is 17.7. The monoisotopic (exact) mass is 389 g/mol. The van der Waals surface area contributed by atoms with E-state index in [9.17, 15) is 14.9 Å². The zero-order valence-electron chi connectivity index (χ0n) is 15.0. The smallest absolute Gasteiger partial charge is 0.269 e. The van der Waals surface area contributed by atoms with Crippen LogP contribution in [0.1, 0.15) is 15.9 Å². The molecular weight excluding hydrogens is 374 g/mol. The molecule has 0 bridgehead atoms. The number of carbonyl (C=O) groups is 1. The molecule has 1 amide bonds. The molecule has 3 heterocycles. The van der Waals surface area contributed by atoms with Crippen molar-refractivity contribution in [3.8, 4) is 11.5 Å². The predicted molar refractivity (Wildman–Crippen MR) is 103 cm³/mol. The summed E-state index contributed by atoms with van der Waals surface area (Å²) in [5.74, 6) is 0.457. The van der Waals surface area contributed by atoms with E-state index in [-0.39, 0.29) is 11.6 Å². The molecule has 4 aromatic rings. The largest absolute Gasteiger partial charge is 0.348 e. The molecule has 0 unspecified atom stereocenters. The molecule has 3 aromatic heterocycles. The Morgan fingerprint density at radius 1 is 1.14 bits per heavy atom. The van der Waals surface area contributed by atoms with Crippen LogP contribution < -0.4 is 5.32 Å². The van der Waals surface area contributed by atoms with Crippen LogP contribution in [0.25, 0.3) is 11.5 Å². The number of aromatic nitrogens is 5. The fraction of sp³-hybridized carbons (Fsp3) is 0.0526. The van der Waals surface area contributed by atoms with Crippen LogP contribution in [0.15, 0.2) is 73.7 Å². The highest BCUT2D eigenvalue weighted by Gasteiger charge is 2.11. The number of nitro benzene ring substituents is 1. The highest BCUT2D eigenvalue weighted by Crippen LogP contribution is 2.15. The van der Waals surface area contributed by atoms with Crippen molar-refractivity contribution in [3.05, 3.63) is 95.0 Å². The van der Waals surface area contributed by atoms with Gasteiger partial charge in [0.05, 0.1) is 22.4 Å². The Hall–Kier alpha value is -4.34. The third-order valence-electron chi connectivity index (χ3n) is 4.20. The number of hydrogen-bond donors (Lipinski definition) is 1. The number of amides is 1. The average molecular weight is 389 g/mol. The number of pyridine rings is 1. The second kappa shape index (κ2) is 7.72. The van der Waals surface area contributed by atoms with Gasteiger partial charge in [-0.2, -0.15) is 5.10 Å². The highest BCUT2D eigenvalue weighted by atomic mass is 16.6. The van der Waals surface area contributed by atoms with Crippen LogP contribution in [0.3, 0.4) is 0 Å². The second-order valence-electron chi connectivity index (χ2n) is 6.12. The first-order valence-corrected chi connectivity index (χ1v) is 8.61. The quantitative estimate of drug-likeness (QED) is 0.399. The molecule has 0 aliphatic carbocycles. The number of nitrogens with one attached hydrogen (secondary N) is 1. The molecule has 0 aliphatic heterocycles. The Kier molecular flexibility index (Phi) is 4.81. The van der Waals surface area contributed by atoms with Gasteiger partial charge in [-0.25, -0.2) is 14.6 Å². The summed E-state index contributed by atoms with van der Waals surface area (Å²) < 4.78 is 3.27. The third kappa shape index (κ3) is 4.00. The van der Waals surface area contributed by atoms with E-state index in [1.807, 2.05) is 12.1 Å². The van der Waals surface area contributed by atoms with Crippen molar-refractivity contribution < 1.29 is 9.72 Å². The second-order valence-corrected chi connectivity index (χ2v) is 6.12. The summed E-state index contributed by atoms with van der Waals surface area (Å²) in [5.41, 5.74) is 1.84. The summed E-state index contributed by atoms with van der Waals surface area (Å²) in [4.78, 5) is 31.0. The van der Waals surface area contributed by atoms with Crippen molar-refractivity contribution >= 4 is 11.6 Å². The van der Waals surface area contributed by atoms with Crippen molar-refractivity contribution in [2.24, 2.45) is 0 Å². The maximum absolute atomic E-state index is 12.4. The number of benzene rings is 1. The predicted octanol–water partition coefficient (Wildman–Crippen LogP) is 2.29. The fourth-order valence-corrected chi connectivity index (χ4v) is 2.66. The summed E-state index contributed by atoms with van der Waals surface area (Å²) in [6, 6.07) is 9.63. The lowest BCUT2D eigenvalue weighted by Crippen LogP contribution is -2.22. The highest BCUT2D eigenvalue weighted by molar-refractivity contribution is 5.93. The van der Waals surface area contributed by atoms with E-state index in [0.717, 1.165) is 11.4 Å². The zero-order valence-corrected chi connectivity index (χ0v) is 15.0. The molecule has 0 saturated carbocycles. The van der Waals surface area contributed by atoms with Crippen LogP contribution in [-0.4, -0.2) is 35.1 Å². The number of carbonyl (C=O) groups excluding carboxylic acids is 1. The molecule has 0 radical (unpaired) electrons. The van der Waals surface area contributed by atoms with Gasteiger partial charge in [0.1, 0.15) is 12.1 Å². The standard InChI is InChI=1S/C19H15N7O3/c27-19(22-10-14-1-6-18(21-9-14)24-8-7-20-13-24)15-11-23-25(12-15)16-2-4-17(5-3-16)26(28)29/h1-9,11-13H,10H2,(H,22,27). The van der Waals surface area contributed by atoms with Crippen LogP contribution in [-0.2, 0) is 6.54 Å². The van der Waals surface area contributed by atoms with Crippen LogP contribution in [0, 0.1) is 10.1 Å². The van der Waals surface area contributed by atoms with Crippen LogP contribution >= 0.6 is 0 Å². The number of non-ortho nitro benzene ring substituents is 1. The summed E-state index contributed by atoms with van der Waals surface area (Å²) in [6.45, 7) is 0.318.